The van der Waals surface area contributed by atoms with Crippen molar-refractivity contribution in [2.45, 2.75) is 38.8 Å². The summed E-state index contributed by atoms with van der Waals surface area (Å²) in [7, 11) is 0. The molecule has 0 aromatic carbocycles. The maximum Gasteiger partial charge on any atom is 0.346 e. The van der Waals surface area contributed by atoms with E-state index in [0.717, 1.165) is 24.2 Å². The number of anilines is 1. The van der Waals surface area contributed by atoms with Gasteiger partial charge in [0.1, 0.15) is 5.82 Å². The molecule has 1 N–H and O–H groups in total. The number of rotatable bonds is 5. The monoisotopic (exact) mass is 378 g/mol. The Labute approximate surface area is 162 Å². The molecule has 0 saturated heterocycles. The number of carbonyl (C=O) groups is 1. The summed E-state index contributed by atoms with van der Waals surface area (Å²) in [4.78, 5) is 33.1. The van der Waals surface area contributed by atoms with E-state index < -0.39 is 0 Å². The zero-order valence-electron chi connectivity index (χ0n) is 15.5. The van der Waals surface area contributed by atoms with Crippen LogP contribution in [0.5, 0.6) is 0 Å². The van der Waals surface area contributed by atoms with Crippen LogP contribution in [0.15, 0.2) is 53.8 Å². The molecule has 1 aliphatic rings. The molecule has 144 valence electrons. The van der Waals surface area contributed by atoms with Crippen molar-refractivity contribution in [2.24, 2.45) is 5.92 Å². The molecule has 0 aliphatic carbocycles. The number of carbonyl (C=O) groups excluding carboxylic acids is 1. The van der Waals surface area contributed by atoms with Crippen molar-refractivity contribution in [3.8, 4) is 0 Å². The average Bonchev–Trinajstić information content (AvgIpc) is 2.87. The van der Waals surface area contributed by atoms with Gasteiger partial charge in [-0.15, -0.1) is 0 Å². The second-order valence-electron chi connectivity index (χ2n) is 7.06. The van der Waals surface area contributed by atoms with E-state index in [9.17, 15) is 9.59 Å². The molecular formula is C20H22N6O2. The lowest BCUT2D eigenvalue weighted by atomic mass is 9.96. The number of hydrogen-bond donors (Lipinski definition) is 1. The topological polar surface area (TPSA) is 94.7 Å². The van der Waals surface area contributed by atoms with E-state index in [1.165, 1.54) is 4.68 Å². The standard InChI is InChI=1S/C20H22N6O2/c27-19(23-17-4-2-9-22-13-17)11-15-5-6-18-24-26(20(28)25(18)10-7-15)14-16-3-1-8-21-12-16/h1-4,8-9,12-13,15H,5-7,10-11,14H2,(H,23,27). The van der Waals surface area contributed by atoms with Crippen molar-refractivity contribution in [3.63, 3.8) is 0 Å². The zero-order chi connectivity index (χ0) is 19.3. The van der Waals surface area contributed by atoms with Crippen LogP contribution in [-0.2, 0) is 24.3 Å². The van der Waals surface area contributed by atoms with Crippen LogP contribution in [0.3, 0.4) is 0 Å². The quantitative estimate of drug-likeness (QED) is 0.731. The molecule has 1 atom stereocenters. The van der Waals surface area contributed by atoms with Crippen molar-refractivity contribution >= 4 is 11.6 Å². The summed E-state index contributed by atoms with van der Waals surface area (Å²) in [6.07, 6.45) is 9.50. The number of aryl methyl sites for hydroxylation is 1. The number of pyridine rings is 2. The van der Waals surface area contributed by atoms with Gasteiger partial charge in [-0.05, 0) is 42.5 Å². The van der Waals surface area contributed by atoms with Crippen LogP contribution in [0.2, 0.25) is 0 Å². The van der Waals surface area contributed by atoms with Crippen LogP contribution in [0.25, 0.3) is 0 Å². The van der Waals surface area contributed by atoms with E-state index in [4.69, 9.17) is 0 Å². The molecule has 0 radical (unpaired) electrons. The van der Waals surface area contributed by atoms with Crippen LogP contribution in [0, 0.1) is 5.92 Å². The largest absolute Gasteiger partial charge is 0.346 e. The van der Waals surface area contributed by atoms with Crippen molar-refractivity contribution in [2.75, 3.05) is 5.32 Å². The molecule has 4 rings (SSSR count). The summed E-state index contributed by atoms with van der Waals surface area (Å²) in [5, 5.41) is 7.39. The van der Waals surface area contributed by atoms with E-state index in [1.54, 1.807) is 35.4 Å². The Morgan fingerprint density at radius 2 is 1.96 bits per heavy atom. The summed E-state index contributed by atoms with van der Waals surface area (Å²) in [5.41, 5.74) is 1.55. The second-order valence-corrected chi connectivity index (χ2v) is 7.06. The van der Waals surface area contributed by atoms with Gasteiger partial charge in [-0.2, -0.15) is 5.10 Å². The molecule has 3 aromatic rings. The third-order valence-electron chi connectivity index (χ3n) is 5.01. The molecule has 8 heteroatoms. The van der Waals surface area contributed by atoms with Gasteiger partial charge in [0.15, 0.2) is 0 Å². The lowest BCUT2D eigenvalue weighted by molar-refractivity contribution is -0.117. The molecule has 1 aliphatic heterocycles. The molecule has 4 heterocycles. The predicted molar refractivity (Wildman–Crippen MR) is 104 cm³/mol. The normalized spacial score (nSPS) is 16.2. The summed E-state index contributed by atoms with van der Waals surface area (Å²) in [5.74, 6) is 1.00. The molecule has 0 fully saturated rings. The van der Waals surface area contributed by atoms with Crippen molar-refractivity contribution < 1.29 is 4.79 Å². The third kappa shape index (κ3) is 4.16. The van der Waals surface area contributed by atoms with Gasteiger partial charge in [0, 0.05) is 38.0 Å². The van der Waals surface area contributed by atoms with Crippen molar-refractivity contribution in [1.29, 1.82) is 0 Å². The Bertz CT molecular complexity index is 997. The maximum atomic E-state index is 12.7. The van der Waals surface area contributed by atoms with Gasteiger partial charge >= 0.3 is 5.69 Å². The molecule has 1 unspecified atom stereocenters. The molecule has 0 saturated carbocycles. The fraction of sp³-hybridized carbons (Fsp3) is 0.350. The Kier molecular flexibility index (Phi) is 5.27. The van der Waals surface area contributed by atoms with E-state index >= 15 is 0 Å². The second kappa shape index (κ2) is 8.16. The molecule has 3 aromatic heterocycles. The van der Waals surface area contributed by atoms with Crippen LogP contribution in [0.4, 0.5) is 5.69 Å². The number of amides is 1. The number of hydrogen-bond acceptors (Lipinski definition) is 5. The number of aromatic nitrogens is 5. The maximum absolute atomic E-state index is 12.7. The number of nitrogens with zero attached hydrogens (tertiary/aromatic N) is 5. The van der Waals surface area contributed by atoms with Crippen LogP contribution in [0.1, 0.15) is 30.7 Å². The molecule has 0 spiro atoms. The number of nitrogens with one attached hydrogen (secondary N) is 1. The highest BCUT2D eigenvalue weighted by molar-refractivity contribution is 5.90. The first kappa shape index (κ1) is 18.1. The average molecular weight is 378 g/mol. The van der Waals surface area contributed by atoms with Crippen LogP contribution < -0.4 is 11.0 Å². The molecular weight excluding hydrogens is 356 g/mol. The van der Waals surface area contributed by atoms with E-state index in [0.29, 0.717) is 31.6 Å². The van der Waals surface area contributed by atoms with Crippen LogP contribution in [-0.4, -0.2) is 30.2 Å². The Morgan fingerprint density at radius 1 is 1.14 bits per heavy atom. The van der Waals surface area contributed by atoms with Gasteiger partial charge < -0.3 is 5.32 Å². The van der Waals surface area contributed by atoms with Crippen molar-refractivity contribution in [3.05, 3.63) is 70.9 Å². The molecule has 28 heavy (non-hydrogen) atoms. The molecule has 0 bridgehead atoms. The van der Waals surface area contributed by atoms with E-state index in [1.807, 2.05) is 18.2 Å². The highest BCUT2D eigenvalue weighted by atomic mass is 16.2. The highest BCUT2D eigenvalue weighted by Gasteiger charge is 2.22. The summed E-state index contributed by atoms with van der Waals surface area (Å²) in [6.45, 7) is 1.01. The van der Waals surface area contributed by atoms with E-state index in [-0.39, 0.29) is 17.5 Å². The molecule has 1 amide bonds. The smallest absolute Gasteiger partial charge is 0.325 e. The Morgan fingerprint density at radius 3 is 2.71 bits per heavy atom. The minimum absolute atomic E-state index is 0.0217. The first-order chi connectivity index (χ1) is 13.7. The minimum atomic E-state index is -0.0979. The van der Waals surface area contributed by atoms with Gasteiger partial charge in [0.2, 0.25) is 5.91 Å². The van der Waals surface area contributed by atoms with Crippen molar-refractivity contribution in [1.82, 2.24) is 24.3 Å². The fourth-order valence-electron chi connectivity index (χ4n) is 3.57. The van der Waals surface area contributed by atoms with Gasteiger partial charge in [0.05, 0.1) is 18.4 Å². The Balaban J connectivity index is 1.38. The fourth-order valence-corrected chi connectivity index (χ4v) is 3.57. The lowest BCUT2D eigenvalue weighted by Gasteiger charge is -2.13. The van der Waals surface area contributed by atoms with Gasteiger partial charge in [-0.25, -0.2) is 9.48 Å². The SMILES string of the molecule is O=C(CC1CCc2nn(Cc3cccnc3)c(=O)n2CC1)Nc1cccnc1. The lowest BCUT2D eigenvalue weighted by Crippen LogP contribution is -2.26. The van der Waals surface area contributed by atoms with Gasteiger partial charge in [0.25, 0.3) is 0 Å². The highest BCUT2D eigenvalue weighted by Crippen LogP contribution is 2.22. The van der Waals surface area contributed by atoms with Crippen LogP contribution >= 0.6 is 0 Å². The first-order valence-corrected chi connectivity index (χ1v) is 9.44. The third-order valence-corrected chi connectivity index (χ3v) is 5.01. The summed E-state index contributed by atoms with van der Waals surface area (Å²) >= 11 is 0. The minimum Gasteiger partial charge on any atom is -0.325 e. The summed E-state index contributed by atoms with van der Waals surface area (Å²) in [6, 6.07) is 7.39. The van der Waals surface area contributed by atoms with E-state index in [2.05, 4.69) is 20.4 Å². The molecule has 8 nitrogen and oxygen atoms in total. The summed E-state index contributed by atoms with van der Waals surface area (Å²) < 4.78 is 3.25. The predicted octanol–water partition coefficient (Wildman–Crippen LogP) is 1.86. The Hall–Kier alpha value is -3.29. The first-order valence-electron chi connectivity index (χ1n) is 9.44. The number of fused-ring (bicyclic) bond motifs is 1. The van der Waals surface area contributed by atoms with Gasteiger partial charge in [-0.1, -0.05) is 6.07 Å². The zero-order valence-corrected chi connectivity index (χ0v) is 15.5. The van der Waals surface area contributed by atoms with Gasteiger partial charge in [-0.3, -0.25) is 19.3 Å².